The van der Waals surface area contributed by atoms with Crippen LogP contribution in [0.3, 0.4) is 0 Å². The van der Waals surface area contributed by atoms with Gasteiger partial charge in [-0.25, -0.2) is 29.5 Å². The lowest BCUT2D eigenvalue weighted by molar-refractivity contribution is 0.0719. The van der Waals surface area contributed by atoms with E-state index in [2.05, 4.69) is 19.1 Å². The Kier molecular flexibility index (Phi) is 8.28. The topological polar surface area (TPSA) is 104 Å². The minimum Gasteiger partial charge on any atom is -0.422 e. The highest BCUT2D eigenvalue weighted by atomic mass is 16.5. The lowest BCUT2D eigenvalue weighted by atomic mass is 9.98. The summed E-state index contributed by atoms with van der Waals surface area (Å²) >= 11 is 0. The van der Waals surface area contributed by atoms with Gasteiger partial charge in [0.15, 0.2) is 0 Å². The molecule has 0 saturated heterocycles. The van der Waals surface area contributed by atoms with Crippen LogP contribution in [-0.2, 0) is 0 Å². The normalized spacial score (nSPS) is 11.3. The van der Waals surface area contributed by atoms with Crippen molar-refractivity contribution in [3.63, 3.8) is 0 Å². The Balaban J connectivity index is 1.07. The van der Waals surface area contributed by atoms with Crippen molar-refractivity contribution in [2.45, 2.75) is 20.8 Å². The molecule has 4 aromatic heterocycles. The molecule has 0 aliphatic carbocycles. The van der Waals surface area contributed by atoms with Crippen LogP contribution >= 0.6 is 0 Å². The van der Waals surface area contributed by atoms with Crippen molar-refractivity contribution >= 4 is 55.6 Å². The monoisotopic (exact) mass is 716 g/mol. The van der Waals surface area contributed by atoms with Crippen LogP contribution in [0.4, 0.5) is 0 Å². The molecule has 0 radical (unpaired) electrons. The van der Waals surface area contributed by atoms with E-state index in [0.717, 1.165) is 60.8 Å². The fourth-order valence-corrected chi connectivity index (χ4v) is 7.01. The highest BCUT2D eigenvalue weighted by molar-refractivity contribution is 6.07. The Morgan fingerprint density at radius 3 is 1.42 bits per heavy atom. The van der Waals surface area contributed by atoms with Gasteiger partial charge in [0.2, 0.25) is 0 Å². The molecule has 8 heteroatoms. The van der Waals surface area contributed by atoms with Crippen molar-refractivity contribution in [3.8, 4) is 34.0 Å². The number of para-hydroxylation sites is 2. The predicted molar refractivity (Wildman–Crippen MR) is 216 cm³/mol. The predicted octanol–water partition coefficient (Wildman–Crippen LogP) is 10.6. The van der Waals surface area contributed by atoms with Gasteiger partial charge in [0, 0.05) is 32.7 Å². The summed E-state index contributed by atoms with van der Waals surface area (Å²) in [6, 6.07) is 43.8. The number of hydrogen-bond donors (Lipinski definition) is 0. The third-order valence-electron chi connectivity index (χ3n) is 9.82. The number of carbonyl (C=O) groups is 2. The van der Waals surface area contributed by atoms with Crippen LogP contribution in [0.15, 0.2) is 140 Å². The third-order valence-corrected chi connectivity index (χ3v) is 9.82. The number of fused-ring (bicyclic) bond motifs is 6. The highest BCUT2D eigenvalue weighted by Crippen LogP contribution is 2.33. The minimum atomic E-state index is -0.525. The average molecular weight is 717 g/mol. The van der Waals surface area contributed by atoms with Gasteiger partial charge < -0.3 is 9.47 Å². The molecular weight excluding hydrogens is 685 g/mol. The lowest BCUT2D eigenvalue weighted by Gasteiger charge is -2.12. The second-order valence-electron chi connectivity index (χ2n) is 13.5. The van der Waals surface area contributed by atoms with E-state index in [4.69, 9.17) is 29.4 Å². The molecule has 0 saturated carbocycles. The number of pyridine rings is 4. The van der Waals surface area contributed by atoms with Crippen LogP contribution in [0, 0.1) is 20.8 Å². The number of hydrogen-bond acceptors (Lipinski definition) is 8. The Labute approximate surface area is 316 Å². The maximum atomic E-state index is 13.2. The molecule has 264 valence electrons. The first-order valence-corrected chi connectivity index (χ1v) is 17.9. The first kappa shape index (κ1) is 33.5. The van der Waals surface area contributed by atoms with Crippen molar-refractivity contribution in [3.05, 3.63) is 168 Å². The minimum absolute atomic E-state index is 0.220. The number of carbonyl (C=O) groups excluding carboxylic acids is 2. The fraction of sp³-hybridized carbons (Fsp3) is 0.0638. The van der Waals surface area contributed by atoms with Crippen LogP contribution in [0.5, 0.6) is 11.5 Å². The van der Waals surface area contributed by atoms with Gasteiger partial charge in [-0.05, 0) is 92.1 Å². The Morgan fingerprint density at radius 2 is 0.909 bits per heavy atom. The molecule has 4 heterocycles. The smallest absolute Gasteiger partial charge is 0.362 e. The maximum Gasteiger partial charge on any atom is 0.362 e. The van der Waals surface area contributed by atoms with Crippen LogP contribution in [0.2, 0.25) is 0 Å². The molecule has 5 aromatic carbocycles. The molecule has 0 spiro atoms. The number of rotatable bonds is 6. The third kappa shape index (κ3) is 6.29. The van der Waals surface area contributed by atoms with Crippen LogP contribution in [0.1, 0.15) is 37.7 Å². The summed E-state index contributed by atoms with van der Waals surface area (Å²) in [6.07, 6.45) is 0. The standard InChI is InChI=1S/C47H32N4O4/c1-27-24-32(38-22-17-30-14-20-36-28(2)25-40(50-44(36)42(30)48-38)46(52)54-33-10-6-4-7-11-33)16-19-35(27)39-23-18-31-15-21-37-29(3)26-41(51-45(37)43(31)49-39)47(53)55-34-12-8-5-9-13-34/h4-26H,1-3H3. The Morgan fingerprint density at radius 1 is 0.436 bits per heavy atom. The zero-order valence-electron chi connectivity index (χ0n) is 30.2. The van der Waals surface area contributed by atoms with Crippen LogP contribution < -0.4 is 9.47 Å². The van der Waals surface area contributed by atoms with E-state index in [-0.39, 0.29) is 11.4 Å². The van der Waals surface area contributed by atoms with E-state index in [1.165, 1.54) is 0 Å². The average Bonchev–Trinajstić information content (AvgIpc) is 3.21. The lowest BCUT2D eigenvalue weighted by Crippen LogP contribution is -2.11. The van der Waals surface area contributed by atoms with Gasteiger partial charge in [0.05, 0.1) is 33.5 Å². The molecule has 55 heavy (non-hydrogen) atoms. The molecule has 0 amide bonds. The van der Waals surface area contributed by atoms with E-state index < -0.39 is 11.9 Å². The number of nitrogens with zero attached hydrogens (tertiary/aromatic N) is 4. The first-order valence-electron chi connectivity index (χ1n) is 17.9. The summed E-state index contributed by atoms with van der Waals surface area (Å²) in [4.78, 5) is 46.1. The van der Waals surface area contributed by atoms with Gasteiger partial charge in [0.1, 0.15) is 22.9 Å². The Bertz CT molecular complexity index is 3000. The van der Waals surface area contributed by atoms with Gasteiger partial charge in [-0.2, -0.15) is 0 Å². The molecule has 0 fully saturated rings. The number of aromatic nitrogens is 4. The number of ether oxygens (including phenoxy) is 2. The summed E-state index contributed by atoms with van der Waals surface area (Å²) < 4.78 is 11.2. The summed E-state index contributed by atoms with van der Waals surface area (Å²) in [6.45, 7) is 5.97. The molecule has 0 unspecified atom stereocenters. The molecule has 8 nitrogen and oxygen atoms in total. The molecular formula is C47H32N4O4. The second kappa shape index (κ2) is 13.6. The first-order chi connectivity index (χ1) is 26.8. The summed E-state index contributed by atoms with van der Waals surface area (Å²) in [5.41, 5.74) is 9.41. The SMILES string of the molecule is Cc1cc(-c2ccc3ccc4c(C)cc(C(=O)Oc5ccccc5)nc4c3n2)ccc1-c1ccc2ccc3c(C)cc(C(=O)Oc4ccccc4)nc3c2n1. The molecule has 0 bridgehead atoms. The van der Waals surface area contributed by atoms with E-state index in [1.807, 2.05) is 105 Å². The van der Waals surface area contributed by atoms with Crippen molar-refractivity contribution in [1.82, 2.24) is 19.9 Å². The maximum absolute atomic E-state index is 13.2. The van der Waals surface area contributed by atoms with E-state index in [1.54, 1.807) is 36.4 Å². The van der Waals surface area contributed by atoms with Gasteiger partial charge >= 0.3 is 11.9 Å². The molecule has 9 rings (SSSR count). The van der Waals surface area contributed by atoms with Gasteiger partial charge in [-0.15, -0.1) is 0 Å². The van der Waals surface area contributed by atoms with Crippen molar-refractivity contribution in [1.29, 1.82) is 0 Å². The van der Waals surface area contributed by atoms with Crippen LogP contribution in [-0.4, -0.2) is 31.9 Å². The zero-order chi connectivity index (χ0) is 37.6. The molecule has 0 aliphatic heterocycles. The highest BCUT2D eigenvalue weighted by Gasteiger charge is 2.18. The van der Waals surface area contributed by atoms with Crippen molar-refractivity contribution in [2.24, 2.45) is 0 Å². The summed E-state index contributed by atoms with van der Waals surface area (Å²) in [5.74, 6) is -0.136. The quantitative estimate of drug-likeness (QED) is 0.0951. The number of benzene rings is 5. The summed E-state index contributed by atoms with van der Waals surface area (Å²) in [7, 11) is 0. The van der Waals surface area contributed by atoms with Crippen LogP contribution in [0.25, 0.3) is 66.1 Å². The molecule has 0 aliphatic rings. The van der Waals surface area contributed by atoms with Crippen molar-refractivity contribution < 1.29 is 19.1 Å². The molecule has 9 aromatic rings. The van der Waals surface area contributed by atoms with E-state index in [0.29, 0.717) is 33.6 Å². The zero-order valence-corrected chi connectivity index (χ0v) is 30.2. The number of aryl methyl sites for hydroxylation is 3. The largest absolute Gasteiger partial charge is 0.422 e. The Hall–Kier alpha value is -7.32. The van der Waals surface area contributed by atoms with Gasteiger partial charge in [0.25, 0.3) is 0 Å². The summed E-state index contributed by atoms with van der Waals surface area (Å²) in [5, 5.41) is 3.66. The molecule has 0 N–H and O–H groups in total. The van der Waals surface area contributed by atoms with Gasteiger partial charge in [-0.1, -0.05) is 84.9 Å². The fourth-order valence-electron chi connectivity index (χ4n) is 7.01. The second-order valence-corrected chi connectivity index (χ2v) is 13.5. The van der Waals surface area contributed by atoms with Crippen molar-refractivity contribution in [2.75, 3.05) is 0 Å². The van der Waals surface area contributed by atoms with Gasteiger partial charge in [-0.3, -0.25) is 0 Å². The number of esters is 2. The van der Waals surface area contributed by atoms with E-state index >= 15 is 0 Å². The van der Waals surface area contributed by atoms with E-state index in [9.17, 15) is 9.59 Å². The molecule has 0 atom stereocenters.